The predicted octanol–water partition coefficient (Wildman–Crippen LogP) is 5.75. The van der Waals surface area contributed by atoms with Gasteiger partial charge in [0.1, 0.15) is 17.2 Å². The van der Waals surface area contributed by atoms with E-state index in [4.69, 9.17) is 9.47 Å². The molecule has 0 atom stereocenters. The standard InChI is InChI=1S/C32H28N4O7S/c1-42-26-15-16-29(43-2)22(17-26)18-28(35-31(38)21-7-4-3-5-8-21)32(39)34-24-9-6-10-27(19-24)44-20-30(37)33-23-11-13-25(14-12-23)36(40)41/h3-19H,20H2,1-2H3,(H,33,37)(H,34,39)(H,35,38)/b28-18+. The number of hydrogen-bond donors (Lipinski definition) is 3. The van der Waals surface area contributed by atoms with Crippen LogP contribution in [0.5, 0.6) is 11.5 Å². The number of ether oxygens (including phenoxy) is 2. The summed E-state index contributed by atoms with van der Waals surface area (Å²) in [7, 11) is 3.02. The lowest BCUT2D eigenvalue weighted by Crippen LogP contribution is -2.30. The zero-order valence-corrected chi connectivity index (χ0v) is 24.6. The molecule has 3 N–H and O–H groups in total. The number of hydrogen-bond acceptors (Lipinski definition) is 8. The lowest BCUT2D eigenvalue weighted by atomic mass is 10.1. The van der Waals surface area contributed by atoms with E-state index >= 15 is 0 Å². The maximum Gasteiger partial charge on any atom is 0.272 e. The van der Waals surface area contributed by atoms with E-state index in [2.05, 4.69) is 16.0 Å². The highest BCUT2D eigenvalue weighted by Crippen LogP contribution is 2.27. The second-order valence-corrected chi connectivity index (χ2v) is 10.2. The van der Waals surface area contributed by atoms with Crippen molar-refractivity contribution in [2.24, 2.45) is 0 Å². The second-order valence-electron chi connectivity index (χ2n) is 9.11. The molecule has 12 heteroatoms. The fourth-order valence-electron chi connectivity index (χ4n) is 3.92. The monoisotopic (exact) mass is 612 g/mol. The summed E-state index contributed by atoms with van der Waals surface area (Å²) in [5.41, 5.74) is 1.64. The van der Waals surface area contributed by atoms with Crippen LogP contribution in [0.3, 0.4) is 0 Å². The quantitative estimate of drug-likeness (QED) is 0.0792. The van der Waals surface area contributed by atoms with E-state index in [1.807, 2.05) is 0 Å². The fraction of sp³-hybridized carbons (Fsp3) is 0.0938. The minimum Gasteiger partial charge on any atom is -0.497 e. The van der Waals surface area contributed by atoms with Gasteiger partial charge in [-0.2, -0.15) is 0 Å². The van der Waals surface area contributed by atoms with Crippen molar-refractivity contribution in [2.45, 2.75) is 4.90 Å². The molecule has 0 saturated carbocycles. The number of methoxy groups -OCH3 is 2. The Balaban J connectivity index is 1.49. The molecule has 224 valence electrons. The Bertz CT molecular complexity index is 1690. The van der Waals surface area contributed by atoms with Crippen LogP contribution in [0.1, 0.15) is 15.9 Å². The molecule has 0 aromatic heterocycles. The summed E-state index contributed by atoms with van der Waals surface area (Å²) in [6, 6.07) is 26.0. The van der Waals surface area contributed by atoms with Gasteiger partial charge >= 0.3 is 0 Å². The zero-order chi connectivity index (χ0) is 31.5. The number of nitro groups is 1. The first kappa shape index (κ1) is 31.3. The molecule has 3 amide bonds. The molecule has 0 heterocycles. The molecule has 0 aliphatic heterocycles. The van der Waals surface area contributed by atoms with E-state index in [1.54, 1.807) is 72.8 Å². The highest BCUT2D eigenvalue weighted by atomic mass is 32.2. The van der Waals surface area contributed by atoms with Crippen LogP contribution in [0.15, 0.2) is 108 Å². The molecule has 0 aliphatic carbocycles. The lowest BCUT2D eigenvalue weighted by molar-refractivity contribution is -0.384. The van der Waals surface area contributed by atoms with Crippen LogP contribution in [0.4, 0.5) is 17.1 Å². The zero-order valence-electron chi connectivity index (χ0n) is 23.7. The van der Waals surface area contributed by atoms with Gasteiger partial charge in [-0.25, -0.2) is 0 Å². The molecule has 0 aliphatic rings. The van der Waals surface area contributed by atoms with Gasteiger partial charge in [0.15, 0.2) is 0 Å². The van der Waals surface area contributed by atoms with E-state index in [1.165, 1.54) is 56.3 Å². The Morgan fingerprint density at radius 1 is 0.841 bits per heavy atom. The van der Waals surface area contributed by atoms with Crippen molar-refractivity contribution < 1.29 is 28.8 Å². The van der Waals surface area contributed by atoms with Crippen LogP contribution in [-0.2, 0) is 9.59 Å². The van der Waals surface area contributed by atoms with E-state index < -0.39 is 16.7 Å². The topological polar surface area (TPSA) is 149 Å². The molecular weight excluding hydrogens is 584 g/mol. The van der Waals surface area contributed by atoms with Crippen LogP contribution in [-0.4, -0.2) is 42.6 Å². The Labute approximate surface area is 257 Å². The van der Waals surface area contributed by atoms with Crippen LogP contribution >= 0.6 is 11.8 Å². The van der Waals surface area contributed by atoms with E-state index in [0.29, 0.717) is 38.9 Å². The van der Waals surface area contributed by atoms with Gasteiger partial charge in [-0.1, -0.05) is 24.3 Å². The van der Waals surface area contributed by atoms with E-state index in [-0.39, 0.29) is 23.0 Å². The molecule has 11 nitrogen and oxygen atoms in total. The number of amides is 3. The molecule has 0 unspecified atom stereocenters. The smallest absolute Gasteiger partial charge is 0.272 e. The number of carbonyl (C=O) groups is 3. The van der Waals surface area contributed by atoms with Crippen molar-refractivity contribution in [1.29, 1.82) is 0 Å². The third-order valence-corrected chi connectivity index (χ3v) is 7.08. The minimum absolute atomic E-state index is 0.0362. The first-order valence-corrected chi connectivity index (χ1v) is 14.1. The van der Waals surface area contributed by atoms with Gasteiger partial charge in [0.25, 0.3) is 17.5 Å². The molecule has 0 fully saturated rings. The van der Waals surface area contributed by atoms with Gasteiger partial charge < -0.3 is 25.4 Å². The Hall–Kier alpha value is -5.62. The fourth-order valence-corrected chi connectivity index (χ4v) is 4.68. The van der Waals surface area contributed by atoms with Crippen molar-refractivity contribution in [3.63, 3.8) is 0 Å². The number of nitro benzene ring substituents is 1. The molecular formula is C32H28N4O7S. The number of anilines is 2. The Kier molecular flexibility index (Phi) is 10.7. The maximum atomic E-state index is 13.5. The molecule has 44 heavy (non-hydrogen) atoms. The van der Waals surface area contributed by atoms with Gasteiger partial charge in [0, 0.05) is 39.5 Å². The normalized spacial score (nSPS) is 10.8. The number of non-ortho nitro benzene ring substituents is 1. The van der Waals surface area contributed by atoms with Crippen molar-refractivity contribution >= 4 is 52.6 Å². The van der Waals surface area contributed by atoms with Crippen molar-refractivity contribution in [2.75, 3.05) is 30.6 Å². The number of thioether (sulfide) groups is 1. The largest absolute Gasteiger partial charge is 0.497 e. The summed E-state index contributed by atoms with van der Waals surface area (Å²) in [5, 5.41) is 19.0. The first-order chi connectivity index (χ1) is 21.2. The van der Waals surface area contributed by atoms with Gasteiger partial charge in [-0.3, -0.25) is 24.5 Å². The average Bonchev–Trinajstić information content (AvgIpc) is 3.04. The van der Waals surface area contributed by atoms with E-state index in [9.17, 15) is 24.5 Å². The number of benzene rings is 4. The molecule has 4 rings (SSSR count). The summed E-state index contributed by atoms with van der Waals surface area (Å²) in [4.78, 5) is 50.0. The molecule has 4 aromatic rings. The summed E-state index contributed by atoms with van der Waals surface area (Å²) in [6.45, 7) is 0. The summed E-state index contributed by atoms with van der Waals surface area (Å²) in [6.07, 6.45) is 1.50. The highest BCUT2D eigenvalue weighted by Gasteiger charge is 2.17. The van der Waals surface area contributed by atoms with Crippen LogP contribution in [0.25, 0.3) is 6.08 Å². The highest BCUT2D eigenvalue weighted by molar-refractivity contribution is 8.00. The Morgan fingerprint density at radius 3 is 2.27 bits per heavy atom. The van der Waals surface area contributed by atoms with Crippen LogP contribution in [0, 0.1) is 10.1 Å². The predicted molar refractivity (Wildman–Crippen MR) is 169 cm³/mol. The summed E-state index contributed by atoms with van der Waals surface area (Å²) < 4.78 is 10.8. The van der Waals surface area contributed by atoms with Crippen LogP contribution in [0.2, 0.25) is 0 Å². The summed E-state index contributed by atoms with van der Waals surface area (Å²) in [5.74, 6) is -0.305. The van der Waals surface area contributed by atoms with Crippen molar-refractivity contribution in [1.82, 2.24) is 5.32 Å². The number of carbonyl (C=O) groups excluding carboxylic acids is 3. The average molecular weight is 613 g/mol. The Morgan fingerprint density at radius 2 is 1.59 bits per heavy atom. The minimum atomic E-state index is -0.586. The molecule has 0 radical (unpaired) electrons. The number of nitrogens with zero attached hydrogens (tertiary/aromatic N) is 1. The molecule has 4 aromatic carbocycles. The molecule has 0 saturated heterocycles. The number of rotatable bonds is 12. The van der Waals surface area contributed by atoms with Crippen molar-refractivity contribution in [3.05, 3.63) is 124 Å². The SMILES string of the molecule is COc1ccc(OC)c(/C=C(/NC(=O)c2ccccc2)C(=O)Nc2cccc(SCC(=O)Nc3ccc([N+](=O)[O-])cc3)c2)c1. The lowest BCUT2D eigenvalue weighted by Gasteiger charge is -2.13. The second kappa shape index (κ2) is 15.0. The van der Waals surface area contributed by atoms with Crippen LogP contribution < -0.4 is 25.4 Å². The van der Waals surface area contributed by atoms with Crippen molar-refractivity contribution in [3.8, 4) is 11.5 Å². The molecule has 0 bridgehead atoms. The molecule has 0 spiro atoms. The third kappa shape index (κ3) is 8.69. The van der Waals surface area contributed by atoms with Gasteiger partial charge in [0.05, 0.1) is 24.9 Å². The number of nitrogens with one attached hydrogen (secondary N) is 3. The van der Waals surface area contributed by atoms with Gasteiger partial charge in [0.2, 0.25) is 5.91 Å². The first-order valence-electron chi connectivity index (χ1n) is 13.1. The maximum absolute atomic E-state index is 13.5. The summed E-state index contributed by atoms with van der Waals surface area (Å²) >= 11 is 1.24. The van der Waals surface area contributed by atoms with Gasteiger partial charge in [-0.15, -0.1) is 11.8 Å². The van der Waals surface area contributed by atoms with E-state index in [0.717, 1.165) is 0 Å². The third-order valence-electron chi connectivity index (χ3n) is 6.09. The van der Waals surface area contributed by atoms with Gasteiger partial charge in [-0.05, 0) is 66.7 Å².